The Bertz CT molecular complexity index is 291. The molecule has 0 aromatic carbocycles. The van der Waals surface area contributed by atoms with Gasteiger partial charge in [-0.3, -0.25) is 9.59 Å². The van der Waals surface area contributed by atoms with Crippen LogP contribution in [0.1, 0.15) is 39.5 Å². The van der Waals surface area contributed by atoms with E-state index in [1.54, 1.807) is 4.90 Å². The third-order valence-electron chi connectivity index (χ3n) is 3.16. The lowest BCUT2D eigenvalue weighted by atomic mass is 9.98. The molecule has 0 aliphatic carbocycles. The van der Waals surface area contributed by atoms with Gasteiger partial charge in [0.1, 0.15) is 6.04 Å². The van der Waals surface area contributed by atoms with E-state index in [0.29, 0.717) is 25.3 Å². The van der Waals surface area contributed by atoms with E-state index in [9.17, 15) is 9.59 Å². The quantitative estimate of drug-likeness (QED) is 0.738. The number of nitrogens with two attached hydrogens (primary N) is 2. The van der Waals surface area contributed by atoms with Crippen LogP contribution in [-0.4, -0.2) is 35.3 Å². The minimum absolute atomic E-state index is 0.137. The Labute approximate surface area is 103 Å². The smallest absolute Gasteiger partial charge is 0.240 e. The number of carbonyl (C=O) groups excluding carboxylic acids is 2. The minimum Gasteiger partial charge on any atom is -0.368 e. The molecule has 2 atom stereocenters. The highest BCUT2D eigenvalue weighted by Crippen LogP contribution is 2.18. The van der Waals surface area contributed by atoms with Gasteiger partial charge in [0.15, 0.2) is 0 Å². The van der Waals surface area contributed by atoms with E-state index in [1.807, 2.05) is 13.8 Å². The monoisotopic (exact) mass is 241 g/mol. The van der Waals surface area contributed by atoms with Crippen molar-refractivity contribution in [3.05, 3.63) is 0 Å². The lowest BCUT2D eigenvalue weighted by molar-refractivity contribution is -0.142. The highest BCUT2D eigenvalue weighted by molar-refractivity contribution is 5.89. The van der Waals surface area contributed by atoms with Crippen molar-refractivity contribution in [1.82, 2.24) is 4.90 Å². The summed E-state index contributed by atoms with van der Waals surface area (Å²) in [5.74, 6) is -0.192. The molecule has 0 aromatic rings. The van der Waals surface area contributed by atoms with Gasteiger partial charge in [0.2, 0.25) is 11.8 Å². The SMILES string of the molecule is CC(C)C[C@H](N)C(=O)N1CCCCC1C(N)=O. The van der Waals surface area contributed by atoms with Crippen molar-refractivity contribution in [2.45, 2.75) is 51.6 Å². The molecule has 98 valence electrons. The molecular weight excluding hydrogens is 218 g/mol. The van der Waals surface area contributed by atoms with Crippen LogP contribution in [-0.2, 0) is 9.59 Å². The van der Waals surface area contributed by atoms with E-state index < -0.39 is 18.0 Å². The first-order valence-electron chi connectivity index (χ1n) is 6.29. The summed E-state index contributed by atoms with van der Waals surface area (Å²) in [7, 11) is 0. The Morgan fingerprint density at radius 1 is 1.35 bits per heavy atom. The third kappa shape index (κ3) is 3.70. The highest BCUT2D eigenvalue weighted by atomic mass is 16.2. The number of hydrogen-bond donors (Lipinski definition) is 2. The maximum atomic E-state index is 12.1. The largest absolute Gasteiger partial charge is 0.368 e. The fourth-order valence-corrected chi connectivity index (χ4v) is 2.31. The highest BCUT2D eigenvalue weighted by Gasteiger charge is 2.33. The number of primary amides is 1. The van der Waals surface area contributed by atoms with Crippen molar-refractivity contribution in [1.29, 1.82) is 0 Å². The zero-order valence-corrected chi connectivity index (χ0v) is 10.7. The molecule has 1 fully saturated rings. The third-order valence-corrected chi connectivity index (χ3v) is 3.16. The van der Waals surface area contributed by atoms with Crippen molar-refractivity contribution in [2.75, 3.05) is 6.54 Å². The van der Waals surface area contributed by atoms with E-state index in [0.717, 1.165) is 12.8 Å². The van der Waals surface area contributed by atoms with Crippen LogP contribution in [0.25, 0.3) is 0 Å². The van der Waals surface area contributed by atoms with Crippen LogP contribution in [0.2, 0.25) is 0 Å². The van der Waals surface area contributed by atoms with Crippen molar-refractivity contribution in [3.63, 3.8) is 0 Å². The second-order valence-electron chi connectivity index (χ2n) is 5.18. The molecule has 0 bridgehead atoms. The number of piperidine rings is 1. The number of carbonyl (C=O) groups is 2. The van der Waals surface area contributed by atoms with Crippen LogP contribution in [0.3, 0.4) is 0 Å². The van der Waals surface area contributed by atoms with Gasteiger partial charge in [0.05, 0.1) is 6.04 Å². The van der Waals surface area contributed by atoms with Crippen molar-refractivity contribution in [2.24, 2.45) is 17.4 Å². The average Bonchev–Trinajstić information content (AvgIpc) is 2.27. The first-order chi connectivity index (χ1) is 7.93. The molecule has 17 heavy (non-hydrogen) atoms. The number of nitrogens with zero attached hydrogens (tertiary/aromatic N) is 1. The molecule has 1 aliphatic heterocycles. The molecule has 0 saturated carbocycles. The molecule has 2 amide bonds. The van der Waals surface area contributed by atoms with Crippen LogP contribution >= 0.6 is 0 Å². The first-order valence-corrected chi connectivity index (χ1v) is 6.29. The summed E-state index contributed by atoms with van der Waals surface area (Å²) in [6.45, 7) is 4.64. The maximum absolute atomic E-state index is 12.1. The molecule has 0 aromatic heterocycles. The summed E-state index contributed by atoms with van der Waals surface area (Å²) in [5, 5.41) is 0. The van der Waals surface area contributed by atoms with Crippen molar-refractivity contribution in [3.8, 4) is 0 Å². The standard InChI is InChI=1S/C12H23N3O2/c1-8(2)7-9(13)12(17)15-6-4-3-5-10(15)11(14)16/h8-10H,3-7,13H2,1-2H3,(H2,14,16)/t9-,10?/m0/s1. The Morgan fingerprint density at radius 2 is 2.00 bits per heavy atom. The number of rotatable bonds is 4. The second-order valence-corrected chi connectivity index (χ2v) is 5.18. The summed E-state index contributed by atoms with van der Waals surface area (Å²) in [4.78, 5) is 25.0. The topological polar surface area (TPSA) is 89.4 Å². The fraction of sp³-hybridized carbons (Fsp3) is 0.833. The summed E-state index contributed by atoms with van der Waals surface area (Å²) in [6, 6.07) is -0.982. The van der Waals surface area contributed by atoms with E-state index in [2.05, 4.69) is 0 Å². The van der Waals surface area contributed by atoms with Gasteiger partial charge in [-0.25, -0.2) is 0 Å². The summed E-state index contributed by atoms with van der Waals surface area (Å²) < 4.78 is 0. The summed E-state index contributed by atoms with van der Waals surface area (Å²) in [6.07, 6.45) is 3.16. The van der Waals surface area contributed by atoms with E-state index in [-0.39, 0.29) is 5.91 Å². The molecule has 1 unspecified atom stereocenters. The van der Waals surface area contributed by atoms with Crippen LogP contribution in [0, 0.1) is 5.92 Å². The molecule has 5 nitrogen and oxygen atoms in total. The predicted octanol–water partition coefficient (Wildman–Crippen LogP) is 0.226. The average molecular weight is 241 g/mol. The Balaban J connectivity index is 2.67. The van der Waals surface area contributed by atoms with E-state index in [4.69, 9.17) is 11.5 Å². The van der Waals surface area contributed by atoms with Crippen LogP contribution in [0.4, 0.5) is 0 Å². The van der Waals surface area contributed by atoms with Crippen molar-refractivity contribution < 1.29 is 9.59 Å². The number of likely N-dealkylation sites (tertiary alicyclic amines) is 1. The minimum atomic E-state index is -0.519. The maximum Gasteiger partial charge on any atom is 0.240 e. The van der Waals surface area contributed by atoms with Gasteiger partial charge < -0.3 is 16.4 Å². The van der Waals surface area contributed by atoms with Crippen molar-refractivity contribution >= 4 is 11.8 Å². The van der Waals surface area contributed by atoms with E-state index >= 15 is 0 Å². The molecule has 1 rings (SSSR count). The fourth-order valence-electron chi connectivity index (χ4n) is 2.31. The van der Waals surface area contributed by atoms with Gasteiger partial charge in [0.25, 0.3) is 0 Å². The molecular formula is C12H23N3O2. The molecule has 4 N–H and O–H groups in total. The summed E-state index contributed by atoms with van der Waals surface area (Å²) in [5.41, 5.74) is 11.2. The predicted molar refractivity (Wildman–Crippen MR) is 66.0 cm³/mol. The molecule has 0 spiro atoms. The van der Waals surface area contributed by atoms with Crippen LogP contribution < -0.4 is 11.5 Å². The van der Waals surface area contributed by atoms with Crippen LogP contribution in [0.5, 0.6) is 0 Å². The van der Waals surface area contributed by atoms with Gasteiger partial charge in [-0.2, -0.15) is 0 Å². The van der Waals surface area contributed by atoms with Gasteiger partial charge in [-0.15, -0.1) is 0 Å². The van der Waals surface area contributed by atoms with Gasteiger partial charge >= 0.3 is 0 Å². The summed E-state index contributed by atoms with van der Waals surface area (Å²) >= 11 is 0. The first kappa shape index (κ1) is 14.0. The van der Waals surface area contributed by atoms with Gasteiger partial charge in [-0.1, -0.05) is 13.8 Å². The lowest BCUT2D eigenvalue weighted by Crippen LogP contribution is -2.55. The second kappa shape index (κ2) is 6.00. The number of hydrogen-bond acceptors (Lipinski definition) is 3. The Morgan fingerprint density at radius 3 is 2.53 bits per heavy atom. The van der Waals surface area contributed by atoms with Crippen LogP contribution in [0.15, 0.2) is 0 Å². The molecule has 1 heterocycles. The Kier molecular flexibility index (Phi) is 4.93. The normalized spacial score (nSPS) is 22.6. The lowest BCUT2D eigenvalue weighted by Gasteiger charge is -2.35. The van der Waals surface area contributed by atoms with E-state index in [1.165, 1.54) is 0 Å². The Hall–Kier alpha value is -1.10. The molecule has 1 aliphatic rings. The molecule has 5 heteroatoms. The number of amides is 2. The zero-order valence-electron chi connectivity index (χ0n) is 10.7. The van der Waals surface area contributed by atoms with Gasteiger partial charge in [0, 0.05) is 6.54 Å². The zero-order chi connectivity index (χ0) is 13.0. The molecule has 0 radical (unpaired) electrons. The molecule has 1 saturated heterocycles. The van der Waals surface area contributed by atoms with Gasteiger partial charge in [-0.05, 0) is 31.6 Å².